The van der Waals surface area contributed by atoms with Crippen LogP contribution in [0.4, 0.5) is 0 Å². The topological polar surface area (TPSA) is 48.0 Å². The van der Waals surface area contributed by atoms with Crippen LogP contribution >= 0.6 is 0 Å². The van der Waals surface area contributed by atoms with E-state index < -0.39 is 0 Å². The van der Waals surface area contributed by atoms with Crippen molar-refractivity contribution in [3.63, 3.8) is 0 Å². The number of ether oxygens (including phenoxy) is 3. The lowest BCUT2D eigenvalue weighted by Gasteiger charge is -2.33. The lowest BCUT2D eigenvalue weighted by atomic mass is 10.0. The molecule has 0 spiro atoms. The van der Waals surface area contributed by atoms with Crippen LogP contribution in [-0.4, -0.2) is 64.0 Å². The van der Waals surface area contributed by atoms with Crippen molar-refractivity contribution in [2.24, 2.45) is 0 Å². The second kappa shape index (κ2) is 9.30. The van der Waals surface area contributed by atoms with Gasteiger partial charge in [0, 0.05) is 26.9 Å². The molecule has 0 aromatic carbocycles. The van der Waals surface area contributed by atoms with E-state index in [0.717, 1.165) is 45.4 Å². The van der Waals surface area contributed by atoms with Gasteiger partial charge in [-0.15, -0.1) is 0 Å². The van der Waals surface area contributed by atoms with Crippen molar-refractivity contribution < 1.29 is 19.0 Å². The number of nitrogens with zero attached hydrogens (tertiary/aromatic N) is 1. The molecule has 106 valence electrons. The number of hydrogen-bond acceptors (Lipinski definition) is 5. The number of methoxy groups -OCH3 is 2. The Bertz CT molecular complexity index is 235. The molecule has 1 aliphatic heterocycles. The van der Waals surface area contributed by atoms with Crippen molar-refractivity contribution >= 4 is 5.97 Å². The van der Waals surface area contributed by atoms with Crippen LogP contribution in [0, 0.1) is 0 Å². The molecule has 0 amide bonds. The highest BCUT2D eigenvalue weighted by Crippen LogP contribution is 2.17. The van der Waals surface area contributed by atoms with Crippen molar-refractivity contribution in [3.05, 3.63) is 0 Å². The summed E-state index contributed by atoms with van der Waals surface area (Å²) in [5.74, 6) is -0.117. The van der Waals surface area contributed by atoms with Gasteiger partial charge in [0.05, 0.1) is 13.7 Å². The van der Waals surface area contributed by atoms with Gasteiger partial charge in [0.15, 0.2) is 0 Å². The second-order valence-corrected chi connectivity index (χ2v) is 4.53. The maximum Gasteiger partial charge on any atom is 0.323 e. The zero-order chi connectivity index (χ0) is 13.2. The van der Waals surface area contributed by atoms with Gasteiger partial charge in [0.1, 0.15) is 6.04 Å². The van der Waals surface area contributed by atoms with Gasteiger partial charge in [-0.1, -0.05) is 6.42 Å². The molecular formula is C13H25NO4. The van der Waals surface area contributed by atoms with Crippen molar-refractivity contribution in [2.45, 2.75) is 31.7 Å². The Labute approximate surface area is 109 Å². The minimum Gasteiger partial charge on any atom is -0.468 e. The monoisotopic (exact) mass is 259 g/mol. The van der Waals surface area contributed by atoms with E-state index >= 15 is 0 Å². The molecule has 1 saturated heterocycles. The number of carbonyl (C=O) groups is 1. The van der Waals surface area contributed by atoms with Crippen LogP contribution in [0.1, 0.15) is 25.7 Å². The summed E-state index contributed by atoms with van der Waals surface area (Å²) in [6.45, 7) is 3.87. The quantitative estimate of drug-likeness (QED) is 0.482. The van der Waals surface area contributed by atoms with Gasteiger partial charge < -0.3 is 14.2 Å². The number of rotatable bonds is 8. The molecule has 1 fully saturated rings. The highest BCUT2D eigenvalue weighted by molar-refractivity contribution is 5.75. The largest absolute Gasteiger partial charge is 0.468 e. The Hall–Kier alpha value is -0.650. The molecule has 0 bridgehead atoms. The van der Waals surface area contributed by atoms with Crippen molar-refractivity contribution in [1.29, 1.82) is 0 Å². The predicted molar refractivity (Wildman–Crippen MR) is 68.5 cm³/mol. The Morgan fingerprint density at radius 3 is 2.78 bits per heavy atom. The van der Waals surface area contributed by atoms with Crippen molar-refractivity contribution in [2.75, 3.05) is 47.1 Å². The van der Waals surface area contributed by atoms with Crippen molar-refractivity contribution in [3.8, 4) is 0 Å². The maximum atomic E-state index is 11.6. The minimum absolute atomic E-state index is 0.0775. The first-order valence-corrected chi connectivity index (χ1v) is 6.68. The third kappa shape index (κ3) is 5.33. The molecule has 1 atom stereocenters. The molecule has 0 aliphatic carbocycles. The summed E-state index contributed by atoms with van der Waals surface area (Å²) in [6.07, 6.45) is 4.06. The Morgan fingerprint density at radius 1 is 1.22 bits per heavy atom. The molecule has 1 aliphatic rings. The Balaban J connectivity index is 2.19. The third-order valence-corrected chi connectivity index (χ3v) is 3.25. The number of piperidine rings is 1. The maximum absolute atomic E-state index is 11.6. The molecule has 18 heavy (non-hydrogen) atoms. The van der Waals surface area contributed by atoms with E-state index in [4.69, 9.17) is 14.2 Å². The van der Waals surface area contributed by atoms with Crippen LogP contribution in [0.25, 0.3) is 0 Å². The summed E-state index contributed by atoms with van der Waals surface area (Å²) < 4.78 is 15.3. The lowest BCUT2D eigenvalue weighted by molar-refractivity contribution is -0.148. The molecule has 0 N–H and O–H groups in total. The van der Waals surface area contributed by atoms with E-state index in [-0.39, 0.29) is 12.0 Å². The first-order valence-electron chi connectivity index (χ1n) is 6.68. The van der Waals surface area contributed by atoms with Crippen LogP contribution in [0.15, 0.2) is 0 Å². The van der Waals surface area contributed by atoms with Gasteiger partial charge in [0.25, 0.3) is 0 Å². The average molecular weight is 259 g/mol. The van der Waals surface area contributed by atoms with E-state index in [1.807, 2.05) is 0 Å². The van der Waals surface area contributed by atoms with Crippen LogP contribution in [-0.2, 0) is 19.0 Å². The van der Waals surface area contributed by atoms with E-state index in [1.165, 1.54) is 7.11 Å². The molecular weight excluding hydrogens is 234 g/mol. The molecule has 1 rings (SSSR count). The Kier molecular flexibility index (Phi) is 7.96. The van der Waals surface area contributed by atoms with Gasteiger partial charge in [0.2, 0.25) is 0 Å². The van der Waals surface area contributed by atoms with Gasteiger partial charge in [-0.05, 0) is 25.8 Å². The zero-order valence-corrected chi connectivity index (χ0v) is 11.5. The second-order valence-electron chi connectivity index (χ2n) is 4.53. The van der Waals surface area contributed by atoms with Crippen molar-refractivity contribution in [1.82, 2.24) is 4.90 Å². The highest BCUT2D eigenvalue weighted by Gasteiger charge is 2.28. The first kappa shape index (κ1) is 15.4. The van der Waals surface area contributed by atoms with Crippen LogP contribution in [0.3, 0.4) is 0 Å². The lowest BCUT2D eigenvalue weighted by Crippen LogP contribution is -2.46. The summed E-state index contributed by atoms with van der Waals surface area (Å²) >= 11 is 0. The molecule has 0 saturated carbocycles. The number of likely N-dealkylation sites (tertiary alicyclic amines) is 1. The molecule has 1 unspecified atom stereocenters. The number of carbonyl (C=O) groups excluding carboxylic acids is 1. The molecule has 5 nitrogen and oxygen atoms in total. The zero-order valence-electron chi connectivity index (χ0n) is 11.5. The fraction of sp³-hybridized carbons (Fsp3) is 0.923. The van der Waals surface area contributed by atoms with Crippen LogP contribution < -0.4 is 0 Å². The van der Waals surface area contributed by atoms with Gasteiger partial charge in [-0.2, -0.15) is 0 Å². The minimum atomic E-state index is -0.117. The Morgan fingerprint density at radius 2 is 2.06 bits per heavy atom. The summed E-state index contributed by atoms with van der Waals surface area (Å²) in [7, 11) is 3.14. The summed E-state index contributed by atoms with van der Waals surface area (Å²) in [4.78, 5) is 13.8. The average Bonchev–Trinajstić information content (AvgIpc) is 2.42. The fourth-order valence-electron chi connectivity index (χ4n) is 2.25. The van der Waals surface area contributed by atoms with E-state index in [0.29, 0.717) is 13.2 Å². The highest BCUT2D eigenvalue weighted by atomic mass is 16.5. The first-order chi connectivity index (χ1) is 8.79. The fourth-order valence-corrected chi connectivity index (χ4v) is 2.25. The number of esters is 1. The third-order valence-electron chi connectivity index (χ3n) is 3.25. The van der Waals surface area contributed by atoms with E-state index in [2.05, 4.69) is 4.90 Å². The molecule has 1 heterocycles. The molecule has 0 aromatic rings. The summed E-state index contributed by atoms with van der Waals surface area (Å²) in [6, 6.07) is -0.0775. The van der Waals surface area contributed by atoms with E-state index in [9.17, 15) is 4.79 Å². The molecule has 0 radical (unpaired) electrons. The number of hydrogen-bond donors (Lipinski definition) is 0. The predicted octanol–water partition coefficient (Wildman–Crippen LogP) is 1.07. The smallest absolute Gasteiger partial charge is 0.323 e. The van der Waals surface area contributed by atoms with Crippen LogP contribution in [0.2, 0.25) is 0 Å². The summed E-state index contributed by atoms with van der Waals surface area (Å²) in [5.41, 5.74) is 0. The SMILES string of the molecule is COCCCOCCN1CCCCC1C(=O)OC. The van der Waals surface area contributed by atoms with Gasteiger partial charge >= 0.3 is 5.97 Å². The van der Waals surface area contributed by atoms with E-state index in [1.54, 1.807) is 7.11 Å². The van der Waals surface area contributed by atoms with Gasteiger partial charge in [-0.25, -0.2) is 0 Å². The summed E-state index contributed by atoms with van der Waals surface area (Å²) in [5, 5.41) is 0. The standard InChI is InChI=1S/C13H25NO4/c1-16-9-5-10-18-11-8-14-7-4-3-6-12(14)13(15)17-2/h12H,3-11H2,1-2H3. The van der Waals surface area contributed by atoms with Gasteiger partial charge in [-0.3, -0.25) is 9.69 Å². The molecule has 5 heteroatoms. The molecule has 0 aromatic heterocycles. The normalized spacial score (nSPS) is 20.9. The van der Waals surface area contributed by atoms with Crippen LogP contribution in [0.5, 0.6) is 0 Å².